The van der Waals surface area contributed by atoms with Crippen molar-refractivity contribution in [1.29, 1.82) is 0 Å². The smallest absolute Gasteiger partial charge is 0.248 e. The summed E-state index contributed by atoms with van der Waals surface area (Å²) in [4.78, 5) is 3.45. The third-order valence-corrected chi connectivity index (χ3v) is 2.96. The number of nitrogens with two attached hydrogens (primary N) is 1. The SMILES string of the molecule is Cc1ccc(F)c(-c2n[nH]c(S(N)(=O)=O)n2)c1F. The molecule has 9 heteroatoms. The number of nitrogens with one attached hydrogen (secondary N) is 1. The minimum atomic E-state index is -4.10. The van der Waals surface area contributed by atoms with Crippen molar-refractivity contribution in [3.05, 3.63) is 29.3 Å². The quantitative estimate of drug-likeness (QED) is 0.841. The van der Waals surface area contributed by atoms with E-state index in [0.29, 0.717) is 0 Å². The van der Waals surface area contributed by atoms with Crippen LogP contribution in [0.5, 0.6) is 0 Å². The van der Waals surface area contributed by atoms with E-state index in [1.165, 1.54) is 13.0 Å². The predicted molar refractivity (Wildman–Crippen MR) is 57.8 cm³/mol. The molecule has 0 atom stereocenters. The third kappa shape index (κ3) is 2.09. The van der Waals surface area contributed by atoms with E-state index in [0.717, 1.165) is 6.07 Å². The van der Waals surface area contributed by atoms with Crippen molar-refractivity contribution < 1.29 is 17.2 Å². The van der Waals surface area contributed by atoms with Gasteiger partial charge in [-0.3, -0.25) is 0 Å². The molecule has 18 heavy (non-hydrogen) atoms. The van der Waals surface area contributed by atoms with E-state index >= 15 is 0 Å². The van der Waals surface area contributed by atoms with Crippen LogP contribution in [0.2, 0.25) is 0 Å². The van der Waals surface area contributed by atoms with Crippen LogP contribution >= 0.6 is 0 Å². The van der Waals surface area contributed by atoms with Crippen LogP contribution in [-0.4, -0.2) is 23.6 Å². The van der Waals surface area contributed by atoms with Gasteiger partial charge in [0.25, 0.3) is 15.2 Å². The van der Waals surface area contributed by atoms with Gasteiger partial charge in [0, 0.05) is 0 Å². The molecule has 0 aliphatic carbocycles. The first-order valence-corrected chi connectivity index (χ1v) is 6.25. The Labute approximate surface area is 101 Å². The van der Waals surface area contributed by atoms with Crippen LogP contribution in [0.3, 0.4) is 0 Å². The van der Waals surface area contributed by atoms with Gasteiger partial charge in [0.05, 0.1) is 5.56 Å². The fourth-order valence-corrected chi connectivity index (χ4v) is 1.73. The molecule has 0 amide bonds. The molecule has 0 aliphatic heterocycles. The molecule has 0 aliphatic rings. The van der Waals surface area contributed by atoms with Gasteiger partial charge < -0.3 is 0 Å². The standard InChI is InChI=1S/C9H8F2N4O2S/c1-4-2-3-5(10)6(7(4)11)8-13-9(15-14-8)18(12,16)17/h2-3H,1H3,(H2,12,16,17)(H,13,14,15). The first-order chi connectivity index (χ1) is 8.30. The number of aromatic nitrogens is 3. The second-order valence-electron chi connectivity index (χ2n) is 3.56. The molecule has 1 aromatic carbocycles. The Morgan fingerprint density at radius 1 is 1.33 bits per heavy atom. The molecule has 3 N–H and O–H groups in total. The Balaban J connectivity index is 2.64. The molecule has 0 spiro atoms. The summed E-state index contributed by atoms with van der Waals surface area (Å²) < 4.78 is 49.2. The molecule has 1 heterocycles. The number of aryl methyl sites for hydroxylation is 1. The van der Waals surface area contributed by atoms with Crippen LogP contribution in [0, 0.1) is 18.6 Å². The highest BCUT2D eigenvalue weighted by atomic mass is 32.2. The van der Waals surface area contributed by atoms with E-state index in [-0.39, 0.29) is 5.56 Å². The summed E-state index contributed by atoms with van der Waals surface area (Å²) in [5, 5.41) is 9.60. The molecule has 1 aromatic heterocycles. The molecule has 0 bridgehead atoms. The van der Waals surface area contributed by atoms with Crippen LogP contribution < -0.4 is 5.14 Å². The minimum absolute atomic E-state index is 0.188. The number of nitrogens with zero attached hydrogens (tertiary/aromatic N) is 2. The van der Waals surface area contributed by atoms with Gasteiger partial charge in [0.2, 0.25) is 0 Å². The molecular weight excluding hydrogens is 266 g/mol. The molecule has 0 fully saturated rings. The van der Waals surface area contributed by atoms with Crippen molar-refractivity contribution in [3.63, 3.8) is 0 Å². The average molecular weight is 274 g/mol. The van der Waals surface area contributed by atoms with Crippen LogP contribution in [0.25, 0.3) is 11.4 Å². The second kappa shape index (κ2) is 4.10. The van der Waals surface area contributed by atoms with E-state index in [1.54, 1.807) is 0 Å². The van der Waals surface area contributed by atoms with Crippen LogP contribution in [0.1, 0.15) is 5.56 Å². The number of halogens is 2. The lowest BCUT2D eigenvalue weighted by molar-refractivity contribution is 0.581. The molecule has 0 unspecified atom stereocenters. The van der Waals surface area contributed by atoms with Crippen molar-refractivity contribution in [2.45, 2.75) is 12.1 Å². The van der Waals surface area contributed by atoms with Crippen molar-refractivity contribution in [2.24, 2.45) is 5.14 Å². The van der Waals surface area contributed by atoms with E-state index < -0.39 is 38.2 Å². The maximum absolute atomic E-state index is 13.7. The third-order valence-electron chi connectivity index (χ3n) is 2.24. The van der Waals surface area contributed by atoms with Crippen LogP contribution in [-0.2, 0) is 10.0 Å². The van der Waals surface area contributed by atoms with Crippen molar-refractivity contribution in [2.75, 3.05) is 0 Å². The first-order valence-electron chi connectivity index (χ1n) is 4.71. The van der Waals surface area contributed by atoms with Gasteiger partial charge in [-0.25, -0.2) is 27.4 Å². The Morgan fingerprint density at radius 2 is 2.00 bits per heavy atom. The van der Waals surface area contributed by atoms with Gasteiger partial charge >= 0.3 is 0 Å². The number of benzene rings is 1. The maximum atomic E-state index is 13.7. The minimum Gasteiger partial charge on any atom is -0.248 e. The average Bonchev–Trinajstić information content (AvgIpc) is 2.73. The largest absolute Gasteiger partial charge is 0.273 e. The van der Waals surface area contributed by atoms with Crippen LogP contribution in [0.15, 0.2) is 17.3 Å². The van der Waals surface area contributed by atoms with Crippen molar-refractivity contribution in [1.82, 2.24) is 15.2 Å². The van der Waals surface area contributed by atoms with Gasteiger partial charge in [-0.1, -0.05) is 6.07 Å². The molecule has 6 nitrogen and oxygen atoms in total. The van der Waals surface area contributed by atoms with E-state index in [1.807, 2.05) is 5.10 Å². The van der Waals surface area contributed by atoms with Gasteiger partial charge in [-0.2, -0.15) is 10.1 Å². The lowest BCUT2D eigenvalue weighted by Crippen LogP contribution is -2.13. The zero-order chi connectivity index (χ0) is 13.5. The number of H-pyrrole nitrogens is 1. The van der Waals surface area contributed by atoms with Gasteiger partial charge in [-0.05, 0) is 18.6 Å². The van der Waals surface area contributed by atoms with E-state index in [2.05, 4.69) is 10.1 Å². The topological polar surface area (TPSA) is 102 Å². The summed E-state index contributed by atoms with van der Waals surface area (Å²) in [5.41, 5.74) is -0.311. The fourth-order valence-electron chi connectivity index (χ4n) is 1.35. The highest BCUT2D eigenvalue weighted by Gasteiger charge is 2.21. The van der Waals surface area contributed by atoms with Gasteiger partial charge in [-0.15, -0.1) is 0 Å². The number of aromatic amines is 1. The summed E-state index contributed by atoms with van der Waals surface area (Å²) >= 11 is 0. The molecule has 0 radical (unpaired) electrons. The molecule has 0 saturated heterocycles. The fraction of sp³-hybridized carbons (Fsp3) is 0.111. The first kappa shape index (κ1) is 12.6. The predicted octanol–water partition coefficient (Wildman–Crippen LogP) is 0.706. The lowest BCUT2D eigenvalue weighted by atomic mass is 10.1. The summed E-state index contributed by atoms with van der Waals surface area (Å²) in [7, 11) is -4.10. The molecular formula is C9H8F2N4O2S. The highest BCUT2D eigenvalue weighted by Crippen LogP contribution is 2.25. The van der Waals surface area contributed by atoms with E-state index in [9.17, 15) is 17.2 Å². The van der Waals surface area contributed by atoms with Crippen molar-refractivity contribution in [3.8, 4) is 11.4 Å². The monoisotopic (exact) mass is 274 g/mol. The second-order valence-corrected chi connectivity index (χ2v) is 5.04. The van der Waals surface area contributed by atoms with E-state index in [4.69, 9.17) is 5.14 Å². The summed E-state index contributed by atoms with van der Waals surface area (Å²) in [5.74, 6) is -2.15. The van der Waals surface area contributed by atoms with Crippen molar-refractivity contribution >= 4 is 10.0 Å². The number of primary sulfonamides is 1. The van der Waals surface area contributed by atoms with Gasteiger partial charge in [0.15, 0.2) is 5.82 Å². The number of hydrogen-bond acceptors (Lipinski definition) is 4. The Hall–Kier alpha value is -1.87. The maximum Gasteiger partial charge on any atom is 0.273 e. The number of sulfonamides is 1. The summed E-state index contributed by atoms with van der Waals surface area (Å²) in [6, 6.07) is 2.29. The summed E-state index contributed by atoms with van der Waals surface area (Å²) in [6.07, 6.45) is 0. The highest BCUT2D eigenvalue weighted by molar-refractivity contribution is 7.89. The Kier molecular flexibility index (Phi) is 2.87. The molecule has 0 saturated carbocycles. The number of rotatable bonds is 2. The summed E-state index contributed by atoms with van der Waals surface area (Å²) in [6.45, 7) is 1.44. The molecule has 2 rings (SSSR count). The number of hydrogen-bond donors (Lipinski definition) is 2. The van der Waals surface area contributed by atoms with Crippen LogP contribution in [0.4, 0.5) is 8.78 Å². The zero-order valence-electron chi connectivity index (χ0n) is 9.11. The molecule has 96 valence electrons. The van der Waals surface area contributed by atoms with Gasteiger partial charge in [0.1, 0.15) is 11.6 Å². The molecule has 2 aromatic rings. The normalized spacial score (nSPS) is 11.8. The zero-order valence-corrected chi connectivity index (χ0v) is 9.92. The lowest BCUT2D eigenvalue weighted by Gasteiger charge is -2.02. The Bertz CT molecular complexity index is 711. The Morgan fingerprint density at radius 3 is 2.56 bits per heavy atom.